The highest BCUT2D eigenvalue weighted by Gasteiger charge is 2.21. The zero-order chi connectivity index (χ0) is 19.4. The SMILES string of the molecule is CCc1nc2c(-c3ccc(OC)nc3OC)nccc2n1C(CC)COC. The van der Waals surface area contributed by atoms with Crippen LogP contribution in [0.2, 0.25) is 0 Å². The number of methoxy groups -OCH3 is 3. The fraction of sp³-hybridized carbons (Fsp3) is 0.450. The second kappa shape index (κ2) is 8.35. The predicted octanol–water partition coefficient (Wildman–Crippen LogP) is 3.67. The largest absolute Gasteiger partial charge is 0.481 e. The molecule has 0 amide bonds. The highest BCUT2D eigenvalue weighted by Crippen LogP contribution is 2.35. The molecule has 3 aromatic heterocycles. The van der Waals surface area contributed by atoms with E-state index in [1.807, 2.05) is 12.1 Å². The van der Waals surface area contributed by atoms with Crippen LogP contribution in [0.15, 0.2) is 24.4 Å². The summed E-state index contributed by atoms with van der Waals surface area (Å²) in [5.74, 6) is 1.98. The summed E-state index contributed by atoms with van der Waals surface area (Å²) in [5, 5.41) is 0. The van der Waals surface area contributed by atoms with Crippen molar-refractivity contribution in [2.24, 2.45) is 0 Å². The molecule has 1 atom stereocenters. The lowest BCUT2D eigenvalue weighted by molar-refractivity contribution is 0.153. The summed E-state index contributed by atoms with van der Waals surface area (Å²) in [5.41, 5.74) is 3.42. The van der Waals surface area contributed by atoms with Gasteiger partial charge in [-0.2, -0.15) is 4.98 Å². The van der Waals surface area contributed by atoms with Gasteiger partial charge in [0.05, 0.1) is 37.9 Å². The molecule has 7 heteroatoms. The second-order valence-electron chi connectivity index (χ2n) is 6.21. The van der Waals surface area contributed by atoms with Gasteiger partial charge in [0.15, 0.2) is 0 Å². The molecular formula is C20H26N4O3. The van der Waals surface area contributed by atoms with E-state index in [-0.39, 0.29) is 6.04 Å². The minimum atomic E-state index is 0.223. The van der Waals surface area contributed by atoms with Crippen LogP contribution in [-0.4, -0.2) is 47.5 Å². The maximum Gasteiger partial charge on any atom is 0.226 e. The van der Waals surface area contributed by atoms with Crippen LogP contribution >= 0.6 is 0 Å². The van der Waals surface area contributed by atoms with Crippen molar-refractivity contribution in [1.82, 2.24) is 19.5 Å². The normalized spacial score (nSPS) is 12.3. The Morgan fingerprint density at radius 2 is 1.85 bits per heavy atom. The molecule has 0 aliphatic rings. The number of nitrogens with zero attached hydrogens (tertiary/aromatic N) is 4. The molecule has 0 radical (unpaired) electrons. The van der Waals surface area contributed by atoms with E-state index in [4.69, 9.17) is 19.2 Å². The topological polar surface area (TPSA) is 71.3 Å². The van der Waals surface area contributed by atoms with Crippen LogP contribution in [0.1, 0.15) is 32.1 Å². The smallest absolute Gasteiger partial charge is 0.226 e. The summed E-state index contributed by atoms with van der Waals surface area (Å²) in [6, 6.07) is 5.94. The van der Waals surface area contributed by atoms with Crippen LogP contribution in [0.4, 0.5) is 0 Å². The minimum absolute atomic E-state index is 0.223. The first-order valence-electron chi connectivity index (χ1n) is 9.12. The molecule has 0 N–H and O–H groups in total. The van der Waals surface area contributed by atoms with Gasteiger partial charge in [-0.25, -0.2) is 4.98 Å². The molecule has 27 heavy (non-hydrogen) atoms. The van der Waals surface area contributed by atoms with Crippen molar-refractivity contribution in [3.05, 3.63) is 30.2 Å². The first-order valence-corrected chi connectivity index (χ1v) is 9.12. The molecule has 3 heterocycles. The van der Waals surface area contributed by atoms with Crippen LogP contribution in [0.5, 0.6) is 11.8 Å². The summed E-state index contributed by atoms with van der Waals surface area (Å²) in [7, 11) is 4.90. The third kappa shape index (κ3) is 3.47. The lowest BCUT2D eigenvalue weighted by atomic mass is 10.1. The van der Waals surface area contributed by atoms with Gasteiger partial charge in [-0.1, -0.05) is 13.8 Å². The van der Waals surface area contributed by atoms with E-state index in [1.54, 1.807) is 33.6 Å². The maximum atomic E-state index is 5.48. The number of rotatable bonds is 8. The molecule has 1 unspecified atom stereocenters. The van der Waals surface area contributed by atoms with Crippen LogP contribution in [0.25, 0.3) is 22.3 Å². The van der Waals surface area contributed by atoms with Gasteiger partial charge in [-0.05, 0) is 18.6 Å². The van der Waals surface area contributed by atoms with Crippen molar-refractivity contribution < 1.29 is 14.2 Å². The standard InChI is InChI=1S/C20H26N4O3/c1-6-13(12-25-3)24-15-10-11-21-18(19(15)22-16(24)7-2)14-8-9-17(26-4)23-20(14)27-5/h8-11,13H,6-7,12H2,1-5H3. The molecule has 0 fully saturated rings. The van der Waals surface area contributed by atoms with E-state index in [9.17, 15) is 0 Å². The quantitative estimate of drug-likeness (QED) is 0.602. The minimum Gasteiger partial charge on any atom is -0.481 e. The Morgan fingerprint density at radius 1 is 1.04 bits per heavy atom. The second-order valence-corrected chi connectivity index (χ2v) is 6.21. The summed E-state index contributed by atoms with van der Waals surface area (Å²) < 4.78 is 18.4. The van der Waals surface area contributed by atoms with Crippen molar-refractivity contribution in [2.75, 3.05) is 27.9 Å². The molecule has 0 saturated heterocycles. The molecule has 0 aliphatic carbocycles. The van der Waals surface area contributed by atoms with Crippen molar-refractivity contribution in [3.63, 3.8) is 0 Å². The van der Waals surface area contributed by atoms with Crippen LogP contribution in [-0.2, 0) is 11.2 Å². The fourth-order valence-electron chi connectivity index (χ4n) is 3.36. The molecule has 0 aromatic carbocycles. The molecule has 0 spiro atoms. The summed E-state index contributed by atoms with van der Waals surface area (Å²) in [6.07, 6.45) is 3.59. The summed E-state index contributed by atoms with van der Waals surface area (Å²) in [4.78, 5) is 13.9. The van der Waals surface area contributed by atoms with Gasteiger partial charge in [0.25, 0.3) is 0 Å². The van der Waals surface area contributed by atoms with Gasteiger partial charge in [0.2, 0.25) is 11.8 Å². The Hall–Kier alpha value is -2.67. The fourth-order valence-corrected chi connectivity index (χ4v) is 3.36. The van der Waals surface area contributed by atoms with E-state index in [1.165, 1.54) is 0 Å². The van der Waals surface area contributed by atoms with Crippen molar-refractivity contribution in [1.29, 1.82) is 0 Å². The van der Waals surface area contributed by atoms with Gasteiger partial charge in [0, 0.05) is 25.8 Å². The number of ether oxygens (including phenoxy) is 3. The highest BCUT2D eigenvalue weighted by atomic mass is 16.5. The van der Waals surface area contributed by atoms with Gasteiger partial charge in [0.1, 0.15) is 17.0 Å². The van der Waals surface area contributed by atoms with Gasteiger partial charge >= 0.3 is 0 Å². The molecule has 0 aliphatic heterocycles. The highest BCUT2D eigenvalue weighted by molar-refractivity contribution is 5.91. The number of pyridine rings is 2. The Kier molecular flexibility index (Phi) is 5.91. The van der Waals surface area contributed by atoms with Gasteiger partial charge in [-0.15, -0.1) is 0 Å². The molecule has 0 saturated carbocycles. The van der Waals surface area contributed by atoms with E-state index < -0.39 is 0 Å². The number of fused-ring (bicyclic) bond motifs is 1. The number of imidazole rings is 1. The van der Waals surface area contributed by atoms with E-state index in [0.717, 1.165) is 41.0 Å². The summed E-state index contributed by atoms with van der Waals surface area (Å²) >= 11 is 0. The van der Waals surface area contributed by atoms with Crippen molar-refractivity contribution in [3.8, 4) is 23.0 Å². The number of aromatic nitrogens is 4. The Balaban J connectivity index is 2.24. The molecule has 3 aromatic rings. The number of hydrogen-bond acceptors (Lipinski definition) is 6. The van der Waals surface area contributed by atoms with Gasteiger partial charge < -0.3 is 18.8 Å². The average Bonchev–Trinajstić information content (AvgIpc) is 3.10. The van der Waals surface area contributed by atoms with Crippen molar-refractivity contribution >= 4 is 11.0 Å². The maximum absolute atomic E-state index is 5.48. The van der Waals surface area contributed by atoms with Crippen LogP contribution in [0, 0.1) is 0 Å². The molecule has 7 nitrogen and oxygen atoms in total. The van der Waals surface area contributed by atoms with E-state index >= 15 is 0 Å². The zero-order valence-corrected chi connectivity index (χ0v) is 16.5. The predicted molar refractivity (Wildman–Crippen MR) is 104 cm³/mol. The Morgan fingerprint density at radius 3 is 2.48 bits per heavy atom. The molecule has 3 rings (SSSR count). The van der Waals surface area contributed by atoms with E-state index in [2.05, 4.69) is 28.4 Å². The number of hydrogen-bond donors (Lipinski definition) is 0. The van der Waals surface area contributed by atoms with Crippen LogP contribution < -0.4 is 9.47 Å². The molecule has 144 valence electrons. The van der Waals surface area contributed by atoms with Crippen molar-refractivity contribution in [2.45, 2.75) is 32.7 Å². The Bertz CT molecular complexity index is 923. The first kappa shape index (κ1) is 19.1. The summed E-state index contributed by atoms with van der Waals surface area (Å²) in [6.45, 7) is 4.91. The third-order valence-electron chi connectivity index (χ3n) is 4.69. The first-order chi connectivity index (χ1) is 13.2. The van der Waals surface area contributed by atoms with Crippen LogP contribution in [0.3, 0.4) is 0 Å². The number of aryl methyl sites for hydroxylation is 1. The lowest BCUT2D eigenvalue weighted by Gasteiger charge is -2.19. The molecular weight excluding hydrogens is 344 g/mol. The average molecular weight is 370 g/mol. The van der Waals surface area contributed by atoms with Gasteiger partial charge in [-0.3, -0.25) is 4.98 Å². The Labute approximate surface area is 159 Å². The molecule has 0 bridgehead atoms. The van der Waals surface area contributed by atoms with E-state index in [0.29, 0.717) is 18.4 Å². The zero-order valence-electron chi connectivity index (χ0n) is 16.5. The monoisotopic (exact) mass is 370 g/mol. The third-order valence-corrected chi connectivity index (χ3v) is 4.69. The lowest BCUT2D eigenvalue weighted by Crippen LogP contribution is -2.16.